The summed E-state index contributed by atoms with van der Waals surface area (Å²) in [5.74, 6) is 1.84. The molecule has 0 radical (unpaired) electrons. The Labute approximate surface area is 240 Å². The second-order valence-corrected chi connectivity index (χ2v) is 11.4. The minimum absolute atomic E-state index is 0.191. The fourth-order valence-electron chi connectivity index (χ4n) is 6.38. The molecule has 0 atom stereocenters. The number of fused-ring (bicyclic) bond motifs is 7. The monoisotopic (exact) mass is 546 g/mol. The summed E-state index contributed by atoms with van der Waals surface area (Å²) in [6, 6.07) is 15.9. The van der Waals surface area contributed by atoms with E-state index in [1.807, 2.05) is 19.1 Å². The standard InChI is InChI=1S/C35H34N2O4/c1-22-18-36-34(37-19-22)25-10-14-27(15-11-25)41-35(38)26-20-39-30-16-12-23-6-2-4-8-28(23)32(30)33-29-9-5-3-7-24(29)13-17-31(33)40-21-26/h10-19,26H,2-9,20-21H2,1H3. The van der Waals surface area contributed by atoms with Crippen LogP contribution in [0.3, 0.4) is 0 Å². The fraction of sp³-hybridized carbons (Fsp3) is 0.343. The summed E-state index contributed by atoms with van der Waals surface area (Å²) < 4.78 is 18.8. The minimum Gasteiger partial charge on any atom is -0.492 e. The summed E-state index contributed by atoms with van der Waals surface area (Å²) in [5, 5.41) is 0. The van der Waals surface area contributed by atoms with E-state index in [2.05, 4.69) is 34.2 Å². The van der Waals surface area contributed by atoms with Crippen LogP contribution in [0.4, 0.5) is 0 Å². The highest BCUT2D eigenvalue weighted by atomic mass is 16.5. The Kier molecular flexibility index (Phi) is 6.91. The Morgan fingerprint density at radius 1 is 0.732 bits per heavy atom. The van der Waals surface area contributed by atoms with Crippen molar-refractivity contribution in [3.63, 3.8) is 0 Å². The predicted octanol–water partition coefficient (Wildman–Crippen LogP) is 6.87. The molecule has 7 rings (SSSR count). The van der Waals surface area contributed by atoms with Gasteiger partial charge in [0.2, 0.25) is 0 Å². The quantitative estimate of drug-likeness (QED) is 0.206. The van der Waals surface area contributed by atoms with Crippen molar-refractivity contribution < 1.29 is 19.0 Å². The molecule has 0 fully saturated rings. The van der Waals surface area contributed by atoms with Crippen molar-refractivity contribution in [3.8, 4) is 39.8 Å². The first kappa shape index (κ1) is 25.8. The van der Waals surface area contributed by atoms with Gasteiger partial charge in [-0.2, -0.15) is 0 Å². The average Bonchev–Trinajstić information content (AvgIpc) is 3.09. The molecule has 6 nitrogen and oxygen atoms in total. The van der Waals surface area contributed by atoms with Crippen LogP contribution in [-0.4, -0.2) is 29.2 Å². The van der Waals surface area contributed by atoms with Crippen LogP contribution in [0.25, 0.3) is 22.5 Å². The third kappa shape index (κ3) is 5.08. The first-order valence-corrected chi connectivity index (χ1v) is 14.8. The molecule has 41 heavy (non-hydrogen) atoms. The van der Waals surface area contributed by atoms with Crippen LogP contribution < -0.4 is 14.2 Å². The van der Waals surface area contributed by atoms with Gasteiger partial charge in [-0.25, -0.2) is 9.97 Å². The van der Waals surface area contributed by atoms with Gasteiger partial charge in [0.15, 0.2) is 5.82 Å². The molecule has 3 aromatic carbocycles. The van der Waals surface area contributed by atoms with Crippen molar-refractivity contribution in [1.82, 2.24) is 9.97 Å². The van der Waals surface area contributed by atoms with Gasteiger partial charge in [-0.15, -0.1) is 0 Å². The summed E-state index contributed by atoms with van der Waals surface area (Å²) in [5.41, 5.74) is 9.81. The molecular formula is C35H34N2O4. The molecule has 4 aromatic rings. The second-order valence-electron chi connectivity index (χ2n) is 11.4. The highest BCUT2D eigenvalue weighted by Gasteiger charge is 2.31. The Balaban J connectivity index is 1.18. The lowest BCUT2D eigenvalue weighted by atomic mass is 9.80. The number of hydrogen-bond acceptors (Lipinski definition) is 6. The fourth-order valence-corrected chi connectivity index (χ4v) is 6.38. The highest BCUT2D eigenvalue weighted by molar-refractivity contribution is 5.84. The number of aryl methyl sites for hydroxylation is 3. The second kappa shape index (κ2) is 11.0. The maximum absolute atomic E-state index is 13.4. The first-order chi connectivity index (χ1) is 20.1. The van der Waals surface area contributed by atoms with Gasteiger partial charge in [0, 0.05) is 29.1 Å². The molecule has 0 spiro atoms. The Bertz CT molecular complexity index is 1530. The molecule has 1 aliphatic heterocycles. The number of carbonyl (C=O) groups is 1. The summed E-state index contributed by atoms with van der Waals surface area (Å²) in [4.78, 5) is 22.2. The predicted molar refractivity (Wildman–Crippen MR) is 157 cm³/mol. The number of nitrogens with zero attached hydrogens (tertiary/aromatic N) is 2. The lowest BCUT2D eigenvalue weighted by Crippen LogP contribution is -2.31. The molecule has 2 aliphatic carbocycles. The van der Waals surface area contributed by atoms with Crippen molar-refractivity contribution in [3.05, 3.63) is 88.7 Å². The van der Waals surface area contributed by atoms with Crippen molar-refractivity contribution in [1.29, 1.82) is 0 Å². The van der Waals surface area contributed by atoms with Crippen LogP contribution in [0.15, 0.2) is 60.9 Å². The number of ether oxygens (including phenoxy) is 3. The molecule has 1 aromatic heterocycles. The van der Waals surface area contributed by atoms with Crippen molar-refractivity contribution in [2.45, 2.75) is 58.3 Å². The number of hydrogen-bond donors (Lipinski definition) is 0. The number of rotatable bonds is 3. The van der Waals surface area contributed by atoms with E-state index in [-0.39, 0.29) is 19.2 Å². The van der Waals surface area contributed by atoms with E-state index >= 15 is 0 Å². The van der Waals surface area contributed by atoms with Gasteiger partial charge < -0.3 is 14.2 Å². The van der Waals surface area contributed by atoms with Crippen molar-refractivity contribution in [2.24, 2.45) is 5.92 Å². The van der Waals surface area contributed by atoms with Gasteiger partial charge in [0.1, 0.15) is 36.4 Å². The van der Waals surface area contributed by atoms with Gasteiger partial charge in [0.05, 0.1) is 0 Å². The average molecular weight is 547 g/mol. The van der Waals surface area contributed by atoms with Gasteiger partial charge >= 0.3 is 5.97 Å². The molecule has 0 bridgehead atoms. The van der Waals surface area contributed by atoms with E-state index in [1.165, 1.54) is 59.1 Å². The minimum atomic E-state index is -0.582. The van der Waals surface area contributed by atoms with Crippen molar-refractivity contribution in [2.75, 3.05) is 13.2 Å². The lowest BCUT2D eigenvalue weighted by Gasteiger charge is -2.27. The van der Waals surface area contributed by atoms with Gasteiger partial charge in [-0.3, -0.25) is 4.79 Å². The third-order valence-electron chi connectivity index (χ3n) is 8.56. The molecule has 208 valence electrons. The zero-order chi connectivity index (χ0) is 27.8. The third-order valence-corrected chi connectivity index (χ3v) is 8.56. The molecule has 3 aliphatic rings. The smallest absolute Gasteiger partial charge is 0.321 e. The molecule has 0 unspecified atom stereocenters. The van der Waals surface area contributed by atoms with Crippen LogP contribution in [0.1, 0.15) is 53.5 Å². The van der Waals surface area contributed by atoms with E-state index in [9.17, 15) is 4.79 Å². The van der Waals surface area contributed by atoms with Gasteiger partial charge in [0.25, 0.3) is 0 Å². The number of benzene rings is 3. The molecule has 6 heteroatoms. The summed E-state index contributed by atoms with van der Waals surface area (Å²) in [7, 11) is 0. The zero-order valence-electron chi connectivity index (χ0n) is 23.4. The van der Waals surface area contributed by atoms with Crippen LogP contribution in [0.2, 0.25) is 0 Å². The van der Waals surface area contributed by atoms with Crippen LogP contribution in [-0.2, 0) is 30.5 Å². The number of aromatic nitrogens is 2. The Morgan fingerprint density at radius 2 is 1.27 bits per heavy atom. The first-order valence-electron chi connectivity index (χ1n) is 14.8. The molecule has 0 saturated carbocycles. The lowest BCUT2D eigenvalue weighted by molar-refractivity contribution is -0.141. The van der Waals surface area contributed by atoms with E-state index in [0.717, 1.165) is 48.3 Å². The molecule has 0 saturated heterocycles. The summed E-state index contributed by atoms with van der Waals surface area (Å²) >= 11 is 0. The summed E-state index contributed by atoms with van der Waals surface area (Å²) in [6.07, 6.45) is 12.6. The number of esters is 1. The van der Waals surface area contributed by atoms with E-state index in [0.29, 0.717) is 11.6 Å². The molecular weight excluding hydrogens is 512 g/mol. The van der Waals surface area contributed by atoms with E-state index in [4.69, 9.17) is 14.2 Å². The van der Waals surface area contributed by atoms with Crippen LogP contribution in [0, 0.1) is 12.8 Å². The normalized spacial score (nSPS) is 16.3. The largest absolute Gasteiger partial charge is 0.492 e. The molecule has 0 amide bonds. The van der Waals surface area contributed by atoms with Gasteiger partial charge in [-0.1, -0.05) is 12.1 Å². The highest BCUT2D eigenvalue weighted by Crippen LogP contribution is 2.47. The topological polar surface area (TPSA) is 70.5 Å². The SMILES string of the molecule is Cc1cnc(-c2ccc(OC(=O)C3COc4ccc5c(c4-c4c(ccc6c4CCCC6)OC3)CCCC5)cc2)nc1. The molecule has 2 heterocycles. The number of carbonyl (C=O) groups excluding carboxylic acids is 1. The Morgan fingerprint density at radius 3 is 1.83 bits per heavy atom. The summed E-state index contributed by atoms with van der Waals surface area (Å²) in [6.45, 7) is 2.34. The Hall–Kier alpha value is -4.19. The maximum atomic E-state index is 13.4. The maximum Gasteiger partial charge on any atom is 0.321 e. The van der Waals surface area contributed by atoms with Crippen LogP contribution in [0.5, 0.6) is 17.2 Å². The van der Waals surface area contributed by atoms with Crippen molar-refractivity contribution >= 4 is 5.97 Å². The van der Waals surface area contributed by atoms with E-state index < -0.39 is 5.92 Å². The molecule has 0 N–H and O–H groups in total. The zero-order valence-corrected chi connectivity index (χ0v) is 23.4. The van der Waals surface area contributed by atoms with E-state index in [1.54, 1.807) is 24.5 Å². The van der Waals surface area contributed by atoms with Gasteiger partial charge in [-0.05, 0) is 123 Å². The van der Waals surface area contributed by atoms with Crippen LogP contribution >= 0.6 is 0 Å².